The molecule has 2 aliphatic heterocycles. The fourth-order valence-electron chi connectivity index (χ4n) is 4.36. The Kier molecular flexibility index (Phi) is 4.90. The van der Waals surface area contributed by atoms with Gasteiger partial charge in [-0.15, -0.1) is 0 Å². The second kappa shape index (κ2) is 7.14. The van der Waals surface area contributed by atoms with E-state index < -0.39 is 10.0 Å². The summed E-state index contributed by atoms with van der Waals surface area (Å²) >= 11 is 0. The van der Waals surface area contributed by atoms with E-state index in [0.717, 1.165) is 28.8 Å². The summed E-state index contributed by atoms with van der Waals surface area (Å²) in [5.74, 6) is -0.147. The summed E-state index contributed by atoms with van der Waals surface area (Å²) in [5.41, 5.74) is 12.0. The van der Waals surface area contributed by atoms with Gasteiger partial charge < -0.3 is 11.1 Å². The largest absolute Gasteiger partial charge is 0.385 e. The van der Waals surface area contributed by atoms with E-state index in [1.807, 2.05) is 0 Å². The first kappa shape index (κ1) is 19.9. The zero-order valence-electron chi connectivity index (χ0n) is 17.0. The predicted molar refractivity (Wildman–Crippen MR) is 113 cm³/mol. The maximum absolute atomic E-state index is 13.5. The van der Waals surface area contributed by atoms with Crippen LogP contribution in [0.15, 0.2) is 12.1 Å². The second-order valence-corrected chi connectivity index (χ2v) is 9.89. The number of nitrogen functional groups attached to an aromatic ring is 1. The number of nitrogens with two attached hydrogens (primary N) is 1. The smallest absolute Gasteiger partial charge is 0.256 e. The van der Waals surface area contributed by atoms with Gasteiger partial charge in [0, 0.05) is 24.3 Å². The predicted octanol–water partition coefficient (Wildman–Crippen LogP) is 1.89. The van der Waals surface area contributed by atoms with Gasteiger partial charge in [0.05, 0.1) is 24.4 Å². The summed E-state index contributed by atoms with van der Waals surface area (Å²) < 4.78 is 26.4. The molecule has 3 N–H and O–H groups in total. The van der Waals surface area contributed by atoms with Crippen LogP contribution in [0.1, 0.15) is 52.0 Å². The summed E-state index contributed by atoms with van der Waals surface area (Å²) in [6, 6.07) is 4.25. The number of fused-ring (bicyclic) bond motifs is 2. The van der Waals surface area contributed by atoms with Gasteiger partial charge in [-0.1, -0.05) is 19.1 Å². The zero-order valence-corrected chi connectivity index (χ0v) is 17.8. The molecule has 2 aliphatic rings. The maximum Gasteiger partial charge on any atom is 0.256 e. The molecular formula is C20H27N5O3S. The van der Waals surface area contributed by atoms with E-state index in [2.05, 4.69) is 36.4 Å². The molecule has 0 saturated carbocycles. The minimum Gasteiger partial charge on any atom is -0.385 e. The summed E-state index contributed by atoms with van der Waals surface area (Å²) in [6.07, 6.45) is 3.21. The van der Waals surface area contributed by atoms with Crippen LogP contribution >= 0.6 is 0 Å². The van der Waals surface area contributed by atoms with Gasteiger partial charge in [-0.3, -0.25) is 4.79 Å². The summed E-state index contributed by atoms with van der Waals surface area (Å²) in [6.45, 7) is 5.37. The van der Waals surface area contributed by atoms with Gasteiger partial charge in [0.2, 0.25) is 10.0 Å². The number of hydrogen-bond donors (Lipinski definition) is 2. The molecule has 4 rings (SSSR count). The molecule has 156 valence electrons. The normalized spacial score (nSPS) is 19.3. The number of hydrogen-bond acceptors (Lipinski definition) is 6. The van der Waals surface area contributed by atoms with Crippen LogP contribution in [0.2, 0.25) is 0 Å². The molecule has 8 nitrogen and oxygen atoms in total. The standard InChI is InChI=1S/C20H27N5O3S/c1-4-13-9-12(2)18-16(10-13)14(5-7-22-18)20(26)25-19(21)15-6-8-24(29(3,27)28)11-17(15)23-25/h9-10,14,22H,4-8,11,21H2,1-3H3/t14-/m0/s1. The molecule has 2 aromatic rings. The van der Waals surface area contributed by atoms with Crippen molar-refractivity contribution < 1.29 is 13.2 Å². The highest BCUT2D eigenvalue weighted by atomic mass is 32.2. The third-order valence-electron chi connectivity index (χ3n) is 5.96. The summed E-state index contributed by atoms with van der Waals surface area (Å²) in [5, 5.41) is 7.86. The molecule has 1 aromatic heterocycles. The van der Waals surface area contributed by atoms with Gasteiger partial charge >= 0.3 is 0 Å². The molecule has 0 bridgehead atoms. The maximum atomic E-state index is 13.5. The number of benzene rings is 1. The van der Waals surface area contributed by atoms with Crippen LogP contribution in [-0.4, -0.2) is 47.8 Å². The third kappa shape index (κ3) is 3.42. The molecule has 3 heterocycles. The highest BCUT2D eigenvalue weighted by Gasteiger charge is 2.34. The number of aromatic nitrogens is 2. The number of aryl methyl sites for hydroxylation is 2. The summed E-state index contributed by atoms with van der Waals surface area (Å²) in [7, 11) is -3.32. The van der Waals surface area contributed by atoms with Crippen molar-refractivity contribution in [2.45, 2.75) is 45.6 Å². The zero-order chi connectivity index (χ0) is 20.9. The first-order chi connectivity index (χ1) is 13.7. The van der Waals surface area contributed by atoms with E-state index in [-0.39, 0.29) is 18.4 Å². The van der Waals surface area contributed by atoms with Gasteiger partial charge in [0.15, 0.2) is 0 Å². The fraction of sp³-hybridized carbons (Fsp3) is 0.500. The second-order valence-electron chi connectivity index (χ2n) is 7.91. The third-order valence-corrected chi connectivity index (χ3v) is 7.21. The molecule has 1 aromatic carbocycles. The van der Waals surface area contributed by atoms with Crippen molar-refractivity contribution in [1.82, 2.24) is 14.1 Å². The van der Waals surface area contributed by atoms with Crippen LogP contribution in [0.3, 0.4) is 0 Å². The Morgan fingerprint density at radius 1 is 1.38 bits per heavy atom. The lowest BCUT2D eigenvalue weighted by Gasteiger charge is -2.28. The quantitative estimate of drug-likeness (QED) is 0.789. The van der Waals surface area contributed by atoms with Gasteiger partial charge in [0.25, 0.3) is 5.91 Å². The van der Waals surface area contributed by atoms with E-state index in [9.17, 15) is 13.2 Å². The molecule has 0 amide bonds. The van der Waals surface area contributed by atoms with Gasteiger partial charge in [-0.05, 0) is 42.9 Å². The number of rotatable bonds is 3. The number of carbonyl (C=O) groups excluding carboxylic acids is 1. The highest BCUT2D eigenvalue weighted by molar-refractivity contribution is 7.88. The SMILES string of the molecule is CCc1cc(C)c2c(c1)[C@@H](C(=O)n1nc3c(c1N)CCN(S(C)(=O)=O)C3)CCN2. The average Bonchev–Trinajstić information content (AvgIpc) is 3.02. The molecule has 0 saturated heterocycles. The van der Waals surface area contributed by atoms with Gasteiger partial charge in [-0.25, -0.2) is 8.42 Å². The molecule has 0 spiro atoms. The Balaban J connectivity index is 1.71. The molecule has 0 unspecified atom stereocenters. The van der Waals surface area contributed by atoms with Crippen molar-refractivity contribution in [3.8, 4) is 0 Å². The monoisotopic (exact) mass is 417 g/mol. The van der Waals surface area contributed by atoms with Crippen LogP contribution in [-0.2, 0) is 29.4 Å². The molecule has 29 heavy (non-hydrogen) atoms. The number of carbonyl (C=O) groups is 1. The van der Waals surface area contributed by atoms with E-state index >= 15 is 0 Å². The van der Waals surface area contributed by atoms with E-state index in [1.165, 1.54) is 20.8 Å². The van der Waals surface area contributed by atoms with Crippen molar-refractivity contribution >= 4 is 27.4 Å². The first-order valence-corrected chi connectivity index (χ1v) is 11.8. The molecule has 0 fully saturated rings. The lowest BCUT2D eigenvalue weighted by Crippen LogP contribution is -2.35. The Hall–Kier alpha value is -2.39. The van der Waals surface area contributed by atoms with Crippen molar-refractivity contribution in [2.75, 3.05) is 30.4 Å². The summed E-state index contributed by atoms with van der Waals surface area (Å²) in [4.78, 5) is 13.5. The van der Waals surface area contributed by atoms with Crippen LogP contribution < -0.4 is 11.1 Å². The Bertz CT molecular complexity index is 1090. The van der Waals surface area contributed by atoms with Crippen LogP contribution in [0.4, 0.5) is 11.5 Å². The van der Waals surface area contributed by atoms with Crippen molar-refractivity contribution in [2.24, 2.45) is 0 Å². The molecule has 1 atom stereocenters. The Morgan fingerprint density at radius 2 is 2.14 bits per heavy atom. The molecule has 0 radical (unpaired) electrons. The van der Waals surface area contributed by atoms with Gasteiger partial charge in [-0.2, -0.15) is 14.1 Å². The highest BCUT2D eigenvalue weighted by Crippen LogP contribution is 2.37. The minimum atomic E-state index is -3.32. The van der Waals surface area contributed by atoms with Crippen LogP contribution in [0.25, 0.3) is 0 Å². The first-order valence-electron chi connectivity index (χ1n) is 9.93. The number of anilines is 2. The van der Waals surface area contributed by atoms with Gasteiger partial charge in [0.1, 0.15) is 5.82 Å². The minimum absolute atomic E-state index is 0.153. The van der Waals surface area contributed by atoms with E-state index in [4.69, 9.17) is 5.73 Å². The molecule has 0 aliphatic carbocycles. The molecule has 9 heteroatoms. The number of nitrogens with one attached hydrogen (secondary N) is 1. The lowest BCUT2D eigenvalue weighted by atomic mass is 9.86. The topological polar surface area (TPSA) is 110 Å². The van der Waals surface area contributed by atoms with Crippen molar-refractivity contribution in [1.29, 1.82) is 0 Å². The van der Waals surface area contributed by atoms with E-state index in [1.54, 1.807) is 0 Å². The van der Waals surface area contributed by atoms with Crippen LogP contribution in [0.5, 0.6) is 0 Å². The fourth-order valence-corrected chi connectivity index (χ4v) is 5.14. The molecular weight excluding hydrogens is 390 g/mol. The number of nitrogens with zero attached hydrogens (tertiary/aromatic N) is 3. The average molecular weight is 418 g/mol. The van der Waals surface area contributed by atoms with Crippen molar-refractivity contribution in [3.63, 3.8) is 0 Å². The van der Waals surface area contributed by atoms with E-state index in [0.29, 0.717) is 37.4 Å². The Morgan fingerprint density at radius 3 is 2.83 bits per heavy atom. The number of sulfonamides is 1. The Labute approximate surface area is 171 Å². The lowest BCUT2D eigenvalue weighted by molar-refractivity contribution is 0.0859. The van der Waals surface area contributed by atoms with Crippen molar-refractivity contribution in [3.05, 3.63) is 40.1 Å². The van der Waals surface area contributed by atoms with Crippen LogP contribution in [0, 0.1) is 6.92 Å².